The molecule has 0 spiro atoms. The molecular formula is C7H13N. The van der Waals surface area contributed by atoms with E-state index in [1.54, 1.807) is 0 Å². The summed E-state index contributed by atoms with van der Waals surface area (Å²) < 4.78 is 0. The highest BCUT2D eigenvalue weighted by molar-refractivity contribution is 5.03. The lowest BCUT2D eigenvalue weighted by Gasteiger charge is -2.20. The molecule has 0 aromatic heterocycles. The maximum absolute atomic E-state index is 2.34. The molecule has 0 amide bonds. The van der Waals surface area contributed by atoms with E-state index in [1.165, 1.54) is 25.1 Å². The molecule has 0 bridgehead atoms. The van der Waals surface area contributed by atoms with Gasteiger partial charge in [-0.05, 0) is 20.4 Å². The molecule has 1 heterocycles. The van der Waals surface area contributed by atoms with Crippen molar-refractivity contribution < 1.29 is 0 Å². The molecule has 1 aliphatic rings. The van der Waals surface area contributed by atoms with Gasteiger partial charge in [0.25, 0.3) is 0 Å². The van der Waals surface area contributed by atoms with E-state index in [0.717, 1.165) is 0 Å². The third kappa shape index (κ3) is 1.34. The van der Waals surface area contributed by atoms with Crippen molar-refractivity contribution in [2.24, 2.45) is 0 Å². The van der Waals surface area contributed by atoms with E-state index < -0.39 is 0 Å². The fraction of sp³-hybridized carbons (Fsp3) is 0.714. The van der Waals surface area contributed by atoms with Crippen LogP contribution in [0.4, 0.5) is 0 Å². The summed E-state index contributed by atoms with van der Waals surface area (Å²) in [5, 5.41) is 0. The van der Waals surface area contributed by atoms with Crippen molar-refractivity contribution in [2.45, 2.75) is 13.3 Å². The highest BCUT2D eigenvalue weighted by atomic mass is 15.1. The number of likely N-dealkylation sites (N-methyl/N-ethyl adjacent to an activating group) is 1. The van der Waals surface area contributed by atoms with Crippen LogP contribution in [0.15, 0.2) is 11.6 Å². The molecule has 0 unspecified atom stereocenters. The smallest absolute Gasteiger partial charge is 0.0187 e. The van der Waals surface area contributed by atoms with E-state index in [1.807, 2.05) is 0 Å². The Balaban J connectivity index is 2.45. The maximum atomic E-state index is 2.34. The second-order valence-electron chi connectivity index (χ2n) is 2.58. The van der Waals surface area contributed by atoms with Gasteiger partial charge >= 0.3 is 0 Å². The van der Waals surface area contributed by atoms with E-state index in [9.17, 15) is 0 Å². The number of hydrogen-bond donors (Lipinski definition) is 0. The molecule has 0 saturated carbocycles. The van der Waals surface area contributed by atoms with Crippen molar-refractivity contribution in [2.75, 3.05) is 20.1 Å². The summed E-state index contributed by atoms with van der Waals surface area (Å²) in [5.74, 6) is 0. The van der Waals surface area contributed by atoms with Crippen molar-refractivity contribution in [1.29, 1.82) is 0 Å². The molecule has 0 aliphatic carbocycles. The molecular weight excluding hydrogens is 98.1 g/mol. The monoisotopic (exact) mass is 111 g/mol. The Morgan fingerprint density at radius 2 is 2.38 bits per heavy atom. The molecule has 0 atom stereocenters. The molecule has 0 fully saturated rings. The first-order chi connectivity index (χ1) is 3.79. The Morgan fingerprint density at radius 3 is 2.75 bits per heavy atom. The zero-order chi connectivity index (χ0) is 5.98. The van der Waals surface area contributed by atoms with Crippen LogP contribution in [0.1, 0.15) is 13.3 Å². The zero-order valence-electron chi connectivity index (χ0n) is 5.65. The summed E-state index contributed by atoms with van der Waals surface area (Å²) in [6.45, 7) is 4.59. The standard InChI is InChI=1S/C7H13N/c1-7-4-3-5-8(2)6-7/h4H,3,5-6H2,1-2H3. The molecule has 8 heavy (non-hydrogen) atoms. The molecule has 46 valence electrons. The fourth-order valence-corrected chi connectivity index (χ4v) is 1.10. The number of hydrogen-bond acceptors (Lipinski definition) is 1. The number of rotatable bonds is 0. The van der Waals surface area contributed by atoms with Crippen molar-refractivity contribution in [3.8, 4) is 0 Å². The van der Waals surface area contributed by atoms with Crippen LogP contribution in [0, 0.1) is 0 Å². The minimum Gasteiger partial charge on any atom is -0.302 e. The van der Waals surface area contributed by atoms with E-state index in [-0.39, 0.29) is 0 Å². The lowest BCUT2D eigenvalue weighted by atomic mass is 10.2. The highest BCUT2D eigenvalue weighted by Gasteiger charge is 2.02. The average Bonchev–Trinajstić information content (AvgIpc) is 1.64. The summed E-state index contributed by atoms with van der Waals surface area (Å²) >= 11 is 0. The summed E-state index contributed by atoms with van der Waals surface area (Å²) in [6, 6.07) is 0. The van der Waals surface area contributed by atoms with Gasteiger partial charge in [-0.15, -0.1) is 0 Å². The predicted octanol–water partition coefficient (Wildman–Crippen LogP) is 1.27. The van der Waals surface area contributed by atoms with Gasteiger partial charge in [-0.25, -0.2) is 0 Å². The van der Waals surface area contributed by atoms with Crippen LogP contribution in [0.3, 0.4) is 0 Å². The molecule has 1 heteroatoms. The van der Waals surface area contributed by atoms with Gasteiger partial charge in [0.15, 0.2) is 0 Å². The van der Waals surface area contributed by atoms with Gasteiger partial charge < -0.3 is 4.90 Å². The largest absolute Gasteiger partial charge is 0.302 e. The van der Waals surface area contributed by atoms with Crippen LogP contribution in [0.2, 0.25) is 0 Å². The highest BCUT2D eigenvalue weighted by Crippen LogP contribution is 2.04. The second kappa shape index (κ2) is 2.31. The van der Waals surface area contributed by atoms with Gasteiger partial charge in [0.05, 0.1) is 0 Å². The summed E-state index contributed by atoms with van der Waals surface area (Å²) in [7, 11) is 2.16. The van der Waals surface area contributed by atoms with Crippen molar-refractivity contribution in [1.82, 2.24) is 4.90 Å². The summed E-state index contributed by atoms with van der Waals surface area (Å²) in [4.78, 5) is 2.34. The van der Waals surface area contributed by atoms with Crippen molar-refractivity contribution >= 4 is 0 Å². The third-order valence-electron chi connectivity index (χ3n) is 1.52. The van der Waals surface area contributed by atoms with Crippen molar-refractivity contribution in [3.63, 3.8) is 0 Å². The van der Waals surface area contributed by atoms with Gasteiger partial charge in [-0.2, -0.15) is 0 Å². The molecule has 0 aromatic carbocycles. The molecule has 1 aliphatic heterocycles. The topological polar surface area (TPSA) is 3.24 Å². The summed E-state index contributed by atoms with van der Waals surface area (Å²) in [6.07, 6.45) is 3.56. The fourth-order valence-electron chi connectivity index (χ4n) is 1.10. The Labute approximate surface area is 51.0 Å². The van der Waals surface area contributed by atoms with E-state index in [4.69, 9.17) is 0 Å². The molecule has 0 N–H and O–H groups in total. The maximum Gasteiger partial charge on any atom is 0.0187 e. The molecule has 1 nitrogen and oxygen atoms in total. The molecule has 0 saturated heterocycles. The molecule has 0 radical (unpaired) electrons. The minimum atomic E-state index is 1.17. The Kier molecular flexibility index (Phi) is 1.69. The normalized spacial score (nSPS) is 23.0. The van der Waals surface area contributed by atoms with Crippen LogP contribution >= 0.6 is 0 Å². The lowest BCUT2D eigenvalue weighted by Crippen LogP contribution is -2.24. The van der Waals surface area contributed by atoms with Crippen LogP contribution in [-0.2, 0) is 0 Å². The van der Waals surface area contributed by atoms with Gasteiger partial charge in [0.2, 0.25) is 0 Å². The Morgan fingerprint density at radius 1 is 1.62 bits per heavy atom. The zero-order valence-corrected chi connectivity index (χ0v) is 5.65. The Bertz CT molecular complexity index is 105. The van der Waals surface area contributed by atoms with Crippen LogP contribution < -0.4 is 0 Å². The van der Waals surface area contributed by atoms with E-state index in [0.29, 0.717) is 0 Å². The molecule has 1 rings (SSSR count). The Hall–Kier alpha value is -0.300. The first-order valence-electron chi connectivity index (χ1n) is 3.13. The molecule has 0 aromatic rings. The second-order valence-corrected chi connectivity index (χ2v) is 2.58. The summed E-state index contributed by atoms with van der Waals surface area (Å²) in [5.41, 5.74) is 1.51. The lowest BCUT2D eigenvalue weighted by molar-refractivity contribution is 0.355. The van der Waals surface area contributed by atoms with Crippen LogP contribution in [-0.4, -0.2) is 25.0 Å². The SMILES string of the molecule is CC1=CCCN(C)C1. The first-order valence-corrected chi connectivity index (χ1v) is 3.13. The van der Waals surface area contributed by atoms with Crippen molar-refractivity contribution in [3.05, 3.63) is 11.6 Å². The predicted molar refractivity (Wildman–Crippen MR) is 35.9 cm³/mol. The van der Waals surface area contributed by atoms with E-state index >= 15 is 0 Å². The van der Waals surface area contributed by atoms with E-state index in [2.05, 4.69) is 24.9 Å². The van der Waals surface area contributed by atoms with Gasteiger partial charge in [0.1, 0.15) is 0 Å². The minimum absolute atomic E-state index is 1.17. The number of nitrogens with zero attached hydrogens (tertiary/aromatic N) is 1. The van der Waals surface area contributed by atoms with Gasteiger partial charge in [-0.1, -0.05) is 11.6 Å². The van der Waals surface area contributed by atoms with Crippen LogP contribution in [0.25, 0.3) is 0 Å². The third-order valence-corrected chi connectivity index (χ3v) is 1.52. The quantitative estimate of drug-likeness (QED) is 0.425. The van der Waals surface area contributed by atoms with Gasteiger partial charge in [0, 0.05) is 13.1 Å². The van der Waals surface area contributed by atoms with Crippen LogP contribution in [0.5, 0.6) is 0 Å². The first kappa shape index (κ1) is 5.83. The van der Waals surface area contributed by atoms with Gasteiger partial charge in [-0.3, -0.25) is 0 Å². The average molecular weight is 111 g/mol.